The summed E-state index contributed by atoms with van der Waals surface area (Å²) < 4.78 is 0. The summed E-state index contributed by atoms with van der Waals surface area (Å²) in [5, 5.41) is 12.2. The van der Waals surface area contributed by atoms with E-state index in [-0.39, 0.29) is 12.0 Å². The third kappa shape index (κ3) is 1.76. The van der Waals surface area contributed by atoms with Gasteiger partial charge in [0.05, 0.1) is 12.0 Å². The summed E-state index contributed by atoms with van der Waals surface area (Å²) in [6.07, 6.45) is 0.354. The van der Waals surface area contributed by atoms with Crippen LogP contribution in [0.25, 0.3) is 10.9 Å². The second kappa shape index (κ2) is 4.37. The number of aliphatic hydroxyl groups excluding tert-OH is 1. The van der Waals surface area contributed by atoms with Crippen LogP contribution >= 0.6 is 11.6 Å². The molecular formula is C17H14ClNO. The van der Waals surface area contributed by atoms with Crippen molar-refractivity contribution in [1.29, 1.82) is 0 Å². The molecule has 4 rings (SSSR count). The first kappa shape index (κ1) is 12.0. The molecule has 2 nitrogen and oxygen atoms in total. The summed E-state index contributed by atoms with van der Waals surface area (Å²) in [6, 6.07) is 16.2. The summed E-state index contributed by atoms with van der Waals surface area (Å²) in [5.41, 5.74) is 4.57. The Morgan fingerprint density at radius 1 is 1.10 bits per heavy atom. The van der Waals surface area contributed by atoms with Crippen molar-refractivity contribution in [2.45, 2.75) is 18.4 Å². The van der Waals surface area contributed by atoms with Gasteiger partial charge in [0, 0.05) is 21.6 Å². The molecule has 0 amide bonds. The van der Waals surface area contributed by atoms with E-state index in [4.69, 9.17) is 11.6 Å². The van der Waals surface area contributed by atoms with E-state index in [1.807, 2.05) is 30.3 Å². The maximum Gasteiger partial charge on any atom is 0.0704 e. The lowest BCUT2D eigenvalue weighted by atomic mass is 9.96. The molecule has 0 bridgehead atoms. The topological polar surface area (TPSA) is 36.0 Å². The number of hydrogen-bond acceptors (Lipinski definition) is 1. The molecular weight excluding hydrogens is 270 g/mol. The first-order valence-electron chi connectivity index (χ1n) is 6.76. The standard InChI is InChI=1S/C17H14ClNO/c18-12-5-6-14-11(7-12)8-15(19-14)17-13-4-2-1-3-10(13)9-16(17)20/h1-8,16-17,19-20H,9H2. The number of hydrogen-bond donors (Lipinski definition) is 2. The van der Waals surface area contributed by atoms with Gasteiger partial charge in [0.15, 0.2) is 0 Å². The fourth-order valence-corrected chi connectivity index (χ4v) is 3.42. The van der Waals surface area contributed by atoms with Gasteiger partial charge in [-0.1, -0.05) is 35.9 Å². The van der Waals surface area contributed by atoms with Crippen LogP contribution in [0.3, 0.4) is 0 Å². The average molecular weight is 284 g/mol. The lowest BCUT2D eigenvalue weighted by Gasteiger charge is -2.14. The molecule has 2 unspecified atom stereocenters. The van der Waals surface area contributed by atoms with E-state index in [2.05, 4.69) is 23.2 Å². The number of rotatable bonds is 1. The van der Waals surface area contributed by atoms with Gasteiger partial charge in [-0.2, -0.15) is 0 Å². The molecule has 0 aliphatic heterocycles. The number of aromatic nitrogens is 1. The summed E-state index contributed by atoms with van der Waals surface area (Å²) in [4.78, 5) is 3.42. The molecule has 2 N–H and O–H groups in total. The highest BCUT2D eigenvalue weighted by molar-refractivity contribution is 6.31. The van der Waals surface area contributed by atoms with Crippen molar-refractivity contribution in [3.8, 4) is 0 Å². The van der Waals surface area contributed by atoms with Gasteiger partial charge in [0.2, 0.25) is 0 Å². The normalized spacial score (nSPS) is 21.3. The van der Waals surface area contributed by atoms with Gasteiger partial charge in [-0.05, 0) is 41.8 Å². The van der Waals surface area contributed by atoms with Crippen molar-refractivity contribution < 1.29 is 5.11 Å². The van der Waals surface area contributed by atoms with Crippen LogP contribution in [0.2, 0.25) is 5.02 Å². The highest BCUT2D eigenvalue weighted by Crippen LogP contribution is 2.39. The lowest BCUT2D eigenvalue weighted by Crippen LogP contribution is -2.14. The molecule has 2 aromatic carbocycles. The lowest BCUT2D eigenvalue weighted by molar-refractivity contribution is 0.168. The van der Waals surface area contributed by atoms with Crippen LogP contribution in [0.4, 0.5) is 0 Å². The van der Waals surface area contributed by atoms with Crippen molar-refractivity contribution in [2.24, 2.45) is 0 Å². The van der Waals surface area contributed by atoms with Crippen molar-refractivity contribution in [2.75, 3.05) is 0 Å². The molecule has 0 spiro atoms. The number of aromatic amines is 1. The minimum absolute atomic E-state index is 0.0253. The molecule has 0 saturated heterocycles. The first-order chi connectivity index (χ1) is 9.72. The van der Waals surface area contributed by atoms with Crippen LogP contribution in [0.5, 0.6) is 0 Å². The fraction of sp³-hybridized carbons (Fsp3) is 0.176. The van der Waals surface area contributed by atoms with E-state index in [1.54, 1.807) is 0 Å². The van der Waals surface area contributed by atoms with Gasteiger partial charge >= 0.3 is 0 Å². The number of nitrogens with one attached hydrogen (secondary N) is 1. The molecule has 2 atom stereocenters. The van der Waals surface area contributed by atoms with Gasteiger partial charge in [-0.25, -0.2) is 0 Å². The smallest absolute Gasteiger partial charge is 0.0704 e. The predicted molar refractivity (Wildman–Crippen MR) is 81.3 cm³/mol. The Balaban J connectivity index is 1.86. The zero-order chi connectivity index (χ0) is 13.7. The van der Waals surface area contributed by atoms with Crippen molar-refractivity contribution in [3.63, 3.8) is 0 Å². The van der Waals surface area contributed by atoms with Crippen molar-refractivity contribution >= 4 is 22.5 Å². The number of aliphatic hydroxyl groups is 1. The summed E-state index contributed by atoms with van der Waals surface area (Å²) in [5.74, 6) is 0.0253. The maximum atomic E-state index is 10.4. The van der Waals surface area contributed by atoms with E-state index in [1.165, 1.54) is 11.1 Å². The largest absolute Gasteiger partial charge is 0.392 e. The Kier molecular flexibility index (Phi) is 2.62. The monoisotopic (exact) mass is 283 g/mol. The Morgan fingerprint density at radius 2 is 1.95 bits per heavy atom. The second-order valence-corrected chi connectivity index (χ2v) is 5.84. The number of halogens is 1. The highest BCUT2D eigenvalue weighted by Gasteiger charge is 2.32. The Labute approximate surface area is 122 Å². The zero-order valence-corrected chi connectivity index (χ0v) is 11.6. The summed E-state index contributed by atoms with van der Waals surface area (Å²) >= 11 is 6.03. The van der Waals surface area contributed by atoms with Crippen LogP contribution in [-0.2, 0) is 6.42 Å². The third-order valence-electron chi connectivity index (χ3n) is 4.14. The maximum absolute atomic E-state index is 10.4. The van der Waals surface area contributed by atoms with Crippen LogP contribution in [0.15, 0.2) is 48.5 Å². The first-order valence-corrected chi connectivity index (χ1v) is 7.14. The van der Waals surface area contributed by atoms with Crippen LogP contribution in [-0.4, -0.2) is 16.2 Å². The molecule has 100 valence electrons. The Bertz CT molecular complexity index is 793. The molecule has 0 saturated carbocycles. The number of H-pyrrole nitrogens is 1. The molecule has 1 aliphatic carbocycles. The zero-order valence-electron chi connectivity index (χ0n) is 10.8. The van der Waals surface area contributed by atoms with Crippen LogP contribution < -0.4 is 0 Å². The Morgan fingerprint density at radius 3 is 2.85 bits per heavy atom. The fourth-order valence-electron chi connectivity index (χ4n) is 3.24. The number of benzene rings is 2. The molecule has 0 radical (unpaired) electrons. The van der Waals surface area contributed by atoms with Gasteiger partial charge in [-0.15, -0.1) is 0 Å². The van der Waals surface area contributed by atoms with Gasteiger partial charge < -0.3 is 10.1 Å². The van der Waals surface area contributed by atoms with Crippen LogP contribution in [0, 0.1) is 0 Å². The average Bonchev–Trinajstić information content (AvgIpc) is 2.97. The quantitative estimate of drug-likeness (QED) is 0.699. The minimum atomic E-state index is -0.365. The SMILES string of the molecule is OC1Cc2ccccc2C1c1cc2cc(Cl)ccc2[nH]1. The van der Waals surface area contributed by atoms with E-state index >= 15 is 0 Å². The Hall–Kier alpha value is -1.77. The van der Waals surface area contributed by atoms with Gasteiger partial charge in [-0.3, -0.25) is 0 Å². The van der Waals surface area contributed by atoms with Crippen LogP contribution in [0.1, 0.15) is 22.7 Å². The molecule has 1 heterocycles. The molecule has 1 aromatic heterocycles. The third-order valence-corrected chi connectivity index (χ3v) is 4.38. The van der Waals surface area contributed by atoms with Crippen molar-refractivity contribution in [3.05, 3.63) is 70.4 Å². The van der Waals surface area contributed by atoms with E-state index in [0.29, 0.717) is 0 Å². The van der Waals surface area contributed by atoms with Gasteiger partial charge in [0.1, 0.15) is 0 Å². The molecule has 0 fully saturated rings. The highest BCUT2D eigenvalue weighted by atomic mass is 35.5. The van der Waals surface area contributed by atoms with Crippen molar-refractivity contribution in [1.82, 2.24) is 4.98 Å². The molecule has 20 heavy (non-hydrogen) atoms. The second-order valence-electron chi connectivity index (χ2n) is 5.40. The van der Waals surface area contributed by atoms with E-state index < -0.39 is 0 Å². The summed E-state index contributed by atoms with van der Waals surface area (Å²) in [7, 11) is 0. The predicted octanol–water partition coefficient (Wildman–Crippen LogP) is 3.87. The molecule has 3 aromatic rings. The molecule has 1 aliphatic rings. The number of fused-ring (bicyclic) bond motifs is 2. The van der Waals surface area contributed by atoms with Gasteiger partial charge in [0.25, 0.3) is 0 Å². The van der Waals surface area contributed by atoms with E-state index in [9.17, 15) is 5.11 Å². The van der Waals surface area contributed by atoms with E-state index in [0.717, 1.165) is 28.0 Å². The molecule has 3 heteroatoms. The summed E-state index contributed by atoms with van der Waals surface area (Å²) in [6.45, 7) is 0. The minimum Gasteiger partial charge on any atom is -0.392 e.